The SMILES string of the molecule is CC(C)COCCNC(=O)C(C)(N)c1ccccc1. The number of carbonyl (C=O) groups excluding carboxylic acids is 1. The Kier molecular flexibility index (Phi) is 5.99. The van der Waals surface area contributed by atoms with Gasteiger partial charge in [0.2, 0.25) is 5.91 Å². The van der Waals surface area contributed by atoms with E-state index in [-0.39, 0.29) is 5.91 Å². The van der Waals surface area contributed by atoms with Gasteiger partial charge in [-0.2, -0.15) is 0 Å². The second-order valence-electron chi connectivity index (χ2n) is 5.29. The molecule has 1 aromatic carbocycles. The summed E-state index contributed by atoms with van der Waals surface area (Å²) in [5, 5.41) is 2.81. The van der Waals surface area contributed by atoms with Crippen molar-refractivity contribution in [1.29, 1.82) is 0 Å². The van der Waals surface area contributed by atoms with Crippen molar-refractivity contribution in [2.75, 3.05) is 19.8 Å². The Morgan fingerprint density at radius 1 is 1.37 bits per heavy atom. The van der Waals surface area contributed by atoms with Crippen LogP contribution in [-0.4, -0.2) is 25.7 Å². The van der Waals surface area contributed by atoms with Crippen LogP contribution in [0.2, 0.25) is 0 Å². The zero-order chi connectivity index (χ0) is 14.3. The first-order chi connectivity index (χ1) is 8.94. The van der Waals surface area contributed by atoms with Crippen LogP contribution in [0, 0.1) is 5.92 Å². The minimum Gasteiger partial charge on any atom is -0.379 e. The summed E-state index contributed by atoms with van der Waals surface area (Å²) in [7, 11) is 0. The van der Waals surface area contributed by atoms with E-state index >= 15 is 0 Å². The Labute approximate surface area is 115 Å². The first kappa shape index (κ1) is 15.7. The van der Waals surface area contributed by atoms with E-state index in [1.807, 2.05) is 30.3 Å². The molecule has 0 aromatic heterocycles. The number of amides is 1. The molecule has 0 bridgehead atoms. The molecule has 0 radical (unpaired) electrons. The van der Waals surface area contributed by atoms with Gasteiger partial charge in [-0.05, 0) is 18.4 Å². The van der Waals surface area contributed by atoms with Crippen LogP contribution in [-0.2, 0) is 15.1 Å². The van der Waals surface area contributed by atoms with Crippen LogP contribution in [0.1, 0.15) is 26.3 Å². The fraction of sp³-hybridized carbons (Fsp3) is 0.533. The highest BCUT2D eigenvalue weighted by Crippen LogP contribution is 2.17. The Balaban J connectivity index is 2.40. The average Bonchev–Trinajstić information content (AvgIpc) is 2.38. The molecule has 1 rings (SSSR count). The number of hydrogen-bond acceptors (Lipinski definition) is 3. The normalized spacial score (nSPS) is 14.2. The zero-order valence-electron chi connectivity index (χ0n) is 12.0. The van der Waals surface area contributed by atoms with Gasteiger partial charge in [0.1, 0.15) is 5.54 Å². The molecule has 4 heteroatoms. The largest absolute Gasteiger partial charge is 0.379 e. The van der Waals surface area contributed by atoms with Gasteiger partial charge in [0.15, 0.2) is 0 Å². The lowest BCUT2D eigenvalue weighted by Gasteiger charge is -2.24. The average molecular weight is 264 g/mol. The minimum absolute atomic E-state index is 0.188. The van der Waals surface area contributed by atoms with Gasteiger partial charge >= 0.3 is 0 Å². The van der Waals surface area contributed by atoms with Crippen LogP contribution >= 0.6 is 0 Å². The van der Waals surface area contributed by atoms with Gasteiger partial charge in [0.05, 0.1) is 6.61 Å². The number of rotatable bonds is 7. The summed E-state index contributed by atoms with van der Waals surface area (Å²) in [6.45, 7) is 7.58. The van der Waals surface area contributed by atoms with Crippen LogP contribution in [0.3, 0.4) is 0 Å². The standard InChI is InChI=1S/C15H24N2O2/c1-12(2)11-19-10-9-17-14(18)15(3,16)13-7-5-4-6-8-13/h4-8,12H,9-11,16H2,1-3H3,(H,17,18). The Morgan fingerprint density at radius 2 is 2.00 bits per heavy atom. The van der Waals surface area contributed by atoms with Crippen molar-refractivity contribution in [1.82, 2.24) is 5.32 Å². The molecule has 0 heterocycles. The van der Waals surface area contributed by atoms with Crippen LogP contribution < -0.4 is 11.1 Å². The molecule has 0 aliphatic heterocycles. The lowest BCUT2D eigenvalue weighted by Crippen LogP contribution is -2.49. The first-order valence-corrected chi connectivity index (χ1v) is 6.65. The molecular weight excluding hydrogens is 240 g/mol. The molecule has 0 saturated carbocycles. The number of hydrogen-bond donors (Lipinski definition) is 2. The van der Waals surface area contributed by atoms with Crippen LogP contribution in [0.25, 0.3) is 0 Å². The fourth-order valence-corrected chi connectivity index (χ4v) is 1.65. The molecule has 4 nitrogen and oxygen atoms in total. The smallest absolute Gasteiger partial charge is 0.244 e. The predicted octanol–water partition coefficient (Wildman–Crippen LogP) is 1.65. The van der Waals surface area contributed by atoms with Gasteiger partial charge in [-0.3, -0.25) is 4.79 Å². The molecule has 1 amide bonds. The van der Waals surface area contributed by atoms with Crippen molar-refractivity contribution in [3.63, 3.8) is 0 Å². The summed E-state index contributed by atoms with van der Waals surface area (Å²) in [6, 6.07) is 9.36. The molecule has 1 unspecified atom stereocenters. The number of nitrogens with one attached hydrogen (secondary N) is 1. The fourth-order valence-electron chi connectivity index (χ4n) is 1.65. The Morgan fingerprint density at radius 3 is 2.58 bits per heavy atom. The summed E-state index contributed by atoms with van der Waals surface area (Å²) in [4.78, 5) is 12.1. The molecule has 0 aliphatic carbocycles. The Bertz CT molecular complexity index is 388. The monoisotopic (exact) mass is 264 g/mol. The molecule has 0 saturated heterocycles. The third-order valence-electron chi connectivity index (χ3n) is 2.83. The molecular formula is C15H24N2O2. The van der Waals surface area contributed by atoms with E-state index < -0.39 is 5.54 Å². The van der Waals surface area contributed by atoms with E-state index in [4.69, 9.17) is 10.5 Å². The van der Waals surface area contributed by atoms with Crippen LogP contribution in [0.4, 0.5) is 0 Å². The number of nitrogens with two attached hydrogens (primary N) is 1. The second kappa shape index (κ2) is 7.26. The van der Waals surface area contributed by atoms with Crippen molar-refractivity contribution in [3.8, 4) is 0 Å². The lowest BCUT2D eigenvalue weighted by molar-refractivity contribution is -0.126. The summed E-state index contributed by atoms with van der Waals surface area (Å²) in [6.07, 6.45) is 0. The molecule has 19 heavy (non-hydrogen) atoms. The topological polar surface area (TPSA) is 64.3 Å². The van der Waals surface area contributed by atoms with Gasteiger partial charge in [-0.15, -0.1) is 0 Å². The van der Waals surface area contributed by atoms with Crippen molar-refractivity contribution in [2.24, 2.45) is 11.7 Å². The first-order valence-electron chi connectivity index (χ1n) is 6.65. The molecule has 0 spiro atoms. The summed E-state index contributed by atoms with van der Waals surface area (Å²) >= 11 is 0. The highest BCUT2D eigenvalue weighted by molar-refractivity contribution is 5.86. The second-order valence-corrected chi connectivity index (χ2v) is 5.29. The number of carbonyl (C=O) groups is 1. The van der Waals surface area contributed by atoms with Gasteiger partial charge in [0, 0.05) is 13.2 Å². The molecule has 3 N–H and O–H groups in total. The number of benzene rings is 1. The van der Waals surface area contributed by atoms with Crippen LogP contribution in [0.5, 0.6) is 0 Å². The summed E-state index contributed by atoms with van der Waals surface area (Å²) in [5.41, 5.74) is 5.88. The van der Waals surface area contributed by atoms with Crippen LogP contribution in [0.15, 0.2) is 30.3 Å². The van der Waals surface area contributed by atoms with Crippen molar-refractivity contribution < 1.29 is 9.53 Å². The van der Waals surface area contributed by atoms with Crippen molar-refractivity contribution in [2.45, 2.75) is 26.3 Å². The molecule has 1 atom stereocenters. The van der Waals surface area contributed by atoms with E-state index in [1.165, 1.54) is 0 Å². The van der Waals surface area contributed by atoms with Gasteiger partial charge < -0.3 is 15.8 Å². The quantitative estimate of drug-likeness (QED) is 0.736. The van der Waals surface area contributed by atoms with Gasteiger partial charge in [-0.25, -0.2) is 0 Å². The summed E-state index contributed by atoms with van der Waals surface area (Å²) in [5.74, 6) is 0.312. The molecule has 0 aliphatic rings. The van der Waals surface area contributed by atoms with Crippen molar-refractivity contribution >= 4 is 5.91 Å². The third kappa shape index (κ3) is 5.01. The van der Waals surface area contributed by atoms with E-state index in [2.05, 4.69) is 19.2 Å². The van der Waals surface area contributed by atoms with E-state index in [1.54, 1.807) is 6.92 Å². The van der Waals surface area contributed by atoms with E-state index in [9.17, 15) is 4.79 Å². The molecule has 1 aromatic rings. The number of ether oxygens (including phenoxy) is 1. The third-order valence-corrected chi connectivity index (χ3v) is 2.83. The predicted molar refractivity (Wildman–Crippen MR) is 76.6 cm³/mol. The maximum atomic E-state index is 12.1. The maximum Gasteiger partial charge on any atom is 0.244 e. The maximum absolute atomic E-state index is 12.1. The van der Waals surface area contributed by atoms with Gasteiger partial charge in [-0.1, -0.05) is 44.2 Å². The highest BCUT2D eigenvalue weighted by Gasteiger charge is 2.29. The van der Waals surface area contributed by atoms with Crippen molar-refractivity contribution in [3.05, 3.63) is 35.9 Å². The minimum atomic E-state index is -1.01. The summed E-state index contributed by atoms with van der Waals surface area (Å²) < 4.78 is 5.41. The molecule has 0 fully saturated rings. The zero-order valence-corrected chi connectivity index (χ0v) is 12.0. The van der Waals surface area contributed by atoms with E-state index in [0.29, 0.717) is 25.7 Å². The highest BCUT2D eigenvalue weighted by atomic mass is 16.5. The van der Waals surface area contributed by atoms with E-state index in [0.717, 1.165) is 5.56 Å². The lowest BCUT2D eigenvalue weighted by atomic mass is 9.92. The Hall–Kier alpha value is -1.39. The van der Waals surface area contributed by atoms with Gasteiger partial charge in [0.25, 0.3) is 0 Å². The molecule has 106 valence electrons.